The van der Waals surface area contributed by atoms with Gasteiger partial charge in [-0.3, -0.25) is 4.79 Å². The summed E-state index contributed by atoms with van der Waals surface area (Å²) in [6.07, 6.45) is 0. The molecule has 1 aliphatic heterocycles. The van der Waals surface area contributed by atoms with Crippen molar-refractivity contribution in [2.75, 3.05) is 38.2 Å². The minimum atomic E-state index is -3.63. The second-order valence-electron chi connectivity index (χ2n) is 7.35. The molecule has 9 nitrogen and oxygen atoms in total. The molecular weight excluding hydrogens is 448 g/mol. The van der Waals surface area contributed by atoms with Crippen LogP contribution in [-0.4, -0.2) is 62.6 Å². The highest BCUT2D eigenvalue weighted by atomic mass is 32.2. The van der Waals surface area contributed by atoms with Crippen LogP contribution in [0, 0.1) is 0 Å². The maximum absolute atomic E-state index is 12.6. The van der Waals surface area contributed by atoms with Crippen molar-refractivity contribution in [2.24, 2.45) is 0 Å². The topological polar surface area (TPSA) is 122 Å². The maximum atomic E-state index is 12.6. The Morgan fingerprint density at radius 2 is 1.70 bits per heavy atom. The number of hydrogen-bond acceptors (Lipinski definition) is 7. The Balaban J connectivity index is 1.35. The highest BCUT2D eigenvalue weighted by Gasteiger charge is 2.26. The second kappa shape index (κ2) is 9.57. The summed E-state index contributed by atoms with van der Waals surface area (Å²) in [6, 6.07) is 15.9. The minimum Gasteiger partial charge on any atom is -0.506 e. The molecule has 0 radical (unpaired) electrons. The zero-order valence-electron chi connectivity index (χ0n) is 17.6. The van der Waals surface area contributed by atoms with Gasteiger partial charge in [-0.05, 0) is 35.7 Å². The van der Waals surface area contributed by atoms with Crippen LogP contribution in [0.2, 0.25) is 0 Å². The van der Waals surface area contributed by atoms with Crippen molar-refractivity contribution >= 4 is 38.4 Å². The molecule has 1 heterocycles. The smallest absolute Gasteiger partial charge is 0.342 e. The summed E-state index contributed by atoms with van der Waals surface area (Å²) >= 11 is 0. The van der Waals surface area contributed by atoms with Crippen molar-refractivity contribution in [3.8, 4) is 5.75 Å². The van der Waals surface area contributed by atoms with Crippen LogP contribution in [-0.2, 0) is 24.3 Å². The van der Waals surface area contributed by atoms with Crippen LogP contribution in [0.3, 0.4) is 0 Å². The highest BCUT2D eigenvalue weighted by Crippen LogP contribution is 2.29. The molecule has 0 unspecified atom stereocenters. The molecule has 0 atom stereocenters. The van der Waals surface area contributed by atoms with E-state index in [-0.39, 0.29) is 16.2 Å². The second-order valence-corrected chi connectivity index (χ2v) is 9.29. The van der Waals surface area contributed by atoms with Gasteiger partial charge in [0, 0.05) is 24.2 Å². The summed E-state index contributed by atoms with van der Waals surface area (Å²) in [5, 5.41) is 14.2. The third kappa shape index (κ3) is 4.98. The van der Waals surface area contributed by atoms with Crippen molar-refractivity contribution < 1.29 is 32.6 Å². The van der Waals surface area contributed by atoms with Crippen molar-refractivity contribution in [1.82, 2.24) is 4.31 Å². The number of amides is 1. The fourth-order valence-electron chi connectivity index (χ4n) is 3.47. The van der Waals surface area contributed by atoms with Crippen LogP contribution in [0.5, 0.6) is 5.75 Å². The summed E-state index contributed by atoms with van der Waals surface area (Å²) in [4.78, 5) is 24.6. The van der Waals surface area contributed by atoms with Gasteiger partial charge < -0.3 is 19.9 Å². The van der Waals surface area contributed by atoms with Gasteiger partial charge >= 0.3 is 5.97 Å². The number of esters is 1. The van der Waals surface area contributed by atoms with Crippen LogP contribution < -0.4 is 5.32 Å². The lowest BCUT2D eigenvalue weighted by Crippen LogP contribution is -2.40. The van der Waals surface area contributed by atoms with E-state index in [2.05, 4.69) is 5.32 Å². The molecule has 0 aromatic heterocycles. The van der Waals surface area contributed by atoms with E-state index >= 15 is 0 Å². The standard InChI is InChI=1S/C23H22N2O7S/c26-21(15-32-23(28)20-10-5-16-3-1-2-4-19(16)22(20)27)24-17-6-8-18(9-7-17)33(29,30)25-11-13-31-14-12-25/h1-10,27H,11-15H2,(H,24,26). The Labute approximate surface area is 190 Å². The van der Waals surface area contributed by atoms with E-state index in [1.54, 1.807) is 24.3 Å². The molecule has 1 saturated heterocycles. The molecule has 172 valence electrons. The first kappa shape index (κ1) is 22.7. The van der Waals surface area contributed by atoms with Crippen LogP contribution in [0.4, 0.5) is 5.69 Å². The van der Waals surface area contributed by atoms with Crippen LogP contribution >= 0.6 is 0 Å². The average Bonchev–Trinajstić information content (AvgIpc) is 2.84. The minimum absolute atomic E-state index is 0.0424. The first-order valence-corrected chi connectivity index (χ1v) is 11.7. The molecule has 2 N–H and O–H groups in total. The fraction of sp³-hybridized carbons (Fsp3) is 0.217. The van der Waals surface area contributed by atoms with E-state index in [0.29, 0.717) is 37.4 Å². The van der Waals surface area contributed by atoms with Gasteiger partial charge in [-0.25, -0.2) is 13.2 Å². The van der Waals surface area contributed by atoms with E-state index < -0.39 is 28.5 Å². The van der Waals surface area contributed by atoms with Crippen molar-refractivity contribution in [3.05, 3.63) is 66.2 Å². The Morgan fingerprint density at radius 3 is 2.42 bits per heavy atom. The van der Waals surface area contributed by atoms with Gasteiger partial charge in [-0.15, -0.1) is 0 Å². The Hall–Kier alpha value is -3.47. The van der Waals surface area contributed by atoms with Gasteiger partial charge in [0.2, 0.25) is 10.0 Å². The van der Waals surface area contributed by atoms with Gasteiger partial charge in [0.1, 0.15) is 11.3 Å². The van der Waals surface area contributed by atoms with Crippen LogP contribution in [0.15, 0.2) is 65.6 Å². The number of morpholine rings is 1. The monoisotopic (exact) mass is 470 g/mol. The summed E-state index contributed by atoms with van der Waals surface area (Å²) in [5.74, 6) is -1.65. The van der Waals surface area contributed by atoms with Gasteiger partial charge in [-0.1, -0.05) is 30.3 Å². The summed E-state index contributed by atoms with van der Waals surface area (Å²) < 4.78 is 36.9. The highest BCUT2D eigenvalue weighted by molar-refractivity contribution is 7.89. The Kier molecular flexibility index (Phi) is 6.59. The number of hydrogen-bond donors (Lipinski definition) is 2. The number of phenolic OH excluding ortho intramolecular Hbond substituents is 1. The number of sulfonamides is 1. The van der Waals surface area contributed by atoms with E-state index in [1.165, 1.54) is 34.6 Å². The largest absolute Gasteiger partial charge is 0.506 e. The molecule has 1 aliphatic rings. The number of aromatic hydroxyl groups is 1. The van der Waals surface area contributed by atoms with Crippen molar-refractivity contribution in [3.63, 3.8) is 0 Å². The number of carbonyl (C=O) groups excluding carboxylic acids is 2. The molecule has 0 bridgehead atoms. The van der Waals surface area contributed by atoms with Gasteiger partial charge in [0.05, 0.1) is 18.1 Å². The van der Waals surface area contributed by atoms with E-state index in [4.69, 9.17) is 9.47 Å². The van der Waals surface area contributed by atoms with Crippen molar-refractivity contribution in [2.45, 2.75) is 4.90 Å². The number of rotatable bonds is 6. The Bertz CT molecular complexity index is 1280. The molecule has 10 heteroatoms. The average molecular weight is 471 g/mol. The number of nitrogens with one attached hydrogen (secondary N) is 1. The van der Waals surface area contributed by atoms with Gasteiger partial charge in [0.15, 0.2) is 6.61 Å². The number of benzene rings is 3. The first-order valence-electron chi connectivity index (χ1n) is 10.2. The van der Waals surface area contributed by atoms with Crippen LogP contribution in [0.25, 0.3) is 10.8 Å². The lowest BCUT2D eigenvalue weighted by molar-refractivity contribution is -0.119. The number of ether oxygens (including phenoxy) is 2. The lowest BCUT2D eigenvalue weighted by Gasteiger charge is -2.26. The summed E-state index contributed by atoms with van der Waals surface area (Å²) in [7, 11) is -3.63. The summed E-state index contributed by atoms with van der Waals surface area (Å²) in [6.45, 7) is 0.711. The van der Waals surface area contributed by atoms with Crippen molar-refractivity contribution in [1.29, 1.82) is 0 Å². The van der Waals surface area contributed by atoms with Crippen LogP contribution in [0.1, 0.15) is 10.4 Å². The molecule has 0 aliphatic carbocycles. The number of fused-ring (bicyclic) bond motifs is 1. The third-order valence-corrected chi connectivity index (χ3v) is 7.11. The lowest BCUT2D eigenvalue weighted by atomic mass is 10.1. The summed E-state index contributed by atoms with van der Waals surface area (Å²) in [5.41, 5.74) is 0.310. The zero-order chi connectivity index (χ0) is 23.4. The quantitative estimate of drug-likeness (QED) is 0.530. The first-order chi connectivity index (χ1) is 15.9. The third-order valence-electron chi connectivity index (χ3n) is 5.20. The number of carbonyl (C=O) groups is 2. The molecule has 1 fully saturated rings. The van der Waals surface area contributed by atoms with Gasteiger partial charge in [-0.2, -0.15) is 4.31 Å². The van der Waals surface area contributed by atoms with E-state index in [0.717, 1.165) is 5.39 Å². The molecule has 3 aromatic rings. The molecule has 1 amide bonds. The number of anilines is 1. The molecular formula is C23H22N2O7S. The normalized spacial score (nSPS) is 14.7. The maximum Gasteiger partial charge on any atom is 0.342 e. The predicted molar refractivity (Wildman–Crippen MR) is 121 cm³/mol. The SMILES string of the molecule is O=C(COC(=O)c1ccc2ccccc2c1O)Nc1ccc(S(=O)(=O)N2CCOCC2)cc1. The predicted octanol–water partition coefficient (Wildman–Crippen LogP) is 2.36. The Morgan fingerprint density at radius 1 is 1.00 bits per heavy atom. The molecule has 33 heavy (non-hydrogen) atoms. The molecule has 0 saturated carbocycles. The number of phenols is 1. The van der Waals surface area contributed by atoms with Gasteiger partial charge in [0.25, 0.3) is 5.91 Å². The number of nitrogens with zero attached hydrogens (tertiary/aromatic N) is 1. The molecule has 4 rings (SSSR count). The fourth-order valence-corrected chi connectivity index (χ4v) is 4.88. The molecule has 3 aromatic carbocycles. The zero-order valence-corrected chi connectivity index (χ0v) is 18.4. The van der Waals surface area contributed by atoms with E-state index in [1.807, 2.05) is 6.07 Å². The van der Waals surface area contributed by atoms with E-state index in [9.17, 15) is 23.1 Å². The molecule has 0 spiro atoms.